The van der Waals surface area contributed by atoms with Crippen LogP contribution in [0.25, 0.3) is 0 Å². The molecule has 0 aliphatic carbocycles. The van der Waals surface area contributed by atoms with Crippen molar-refractivity contribution in [1.82, 2.24) is 4.90 Å². The summed E-state index contributed by atoms with van der Waals surface area (Å²) in [5.74, 6) is -0.719. The van der Waals surface area contributed by atoms with E-state index in [1.54, 1.807) is 11.3 Å². The third-order valence-electron chi connectivity index (χ3n) is 2.39. The Hall–Kier alpha value is -0.870. The molecule has 0 aliphatic rings. The van der Waals surface area contributed by atoms with Crippen LogP contribution in [-0.2, 0) is 11.2 Å². The van der Waals surface area contributed by atoms with Gasteiger partial charge in [0, 0.05) is 13.1 Å². The maximum Gasteiger partial charge on any atom is 0.304 e. The number of hydrogen-bond acceptors (Lipinski definition) is 3. The van der Waals surface area contributed by atoms with Gasteiger partial charge in [-0.1, -0.05) is 6.92 Å². The molecule has 1 aromatic heterocycles. The highest BCUT2D eigenvalue weighted by molar-refractivity contribution is 7.07. The summed E-state index contributed by atoms with van der Waals surface area (Å²) in [5, 5.41) is 12.8. The van der Waals surface area contributed by atoms with Crippen LogP contribution in [0.5, 0.6) is 0 Å². The molecule has 1 N–H and O–H groups in total. The largest absolute Gasteiger partial charge is 0.481 e. The van der Waals surface area contributed by atoms with Gasteiger partial charge in [0.25, 0.3) is 0 Å². The molecule has 0 radical (unpaired) electrons. The lowest BCUT2D eigenvalue weighted by Gasteiger charge is -2.18. The number of hydrogen-bond donors (Lipinski definition) is 1. The fourth-order valence-corrected chi connectivity index (χ4v) is 2.11. The van der Waals surface area contributed by atoms with Crippen LogP contribution < -0.4 is 0 Å². The van der Waals surface area contributed by atoms with Crippen LogP contribution >= 0.6 is 11.3 Å². The van der Waals surface area contributed by atoms with Crippen molar-refractivity contribution in [1.29, 1.82) is 0 Å². The zero-order valence-corrected chi connectivity index (χ0v) is 9.80. The summed E-state index contributed by atoms with van der Waals surface area (Å²) in [7, 11) is 0. The lowest BCUT2D eigenvalue weighted by atomic mass is 10.2. The zero-order valence-electron chi connectivity index (χ0n) is 8.98. The fraction of sp³-hybridized carbons (Fsp3) is 0.545. The van der Waals surface area contributed by atoms with E-state index < -0.39 is 5.97 Å². The summed E-state index contributed by atoms with van der Waals surface area (Å²) < 4.78 is 0. The first-order chi connectivity index (χ1) is 7.22. The lowest BCUT2D eigenvalue weighted by Crippen LogP contribution is -2.28. The Morgan fingerprint density at radius 2 is 2.33 bits per heavy atom. The molecule has 0 saturated heterocycles. The summed E-state index contributed by atoms with van der Waals surface area (Å²) in [6.07, 6.45) is 1.24. The Morgan fingerprint density at radius 1 is 1.53 bits per heavy atom. The van der Waals surface area contributed by atoms with Crippen molar-refractivity contribution < 1.29 is 9.90 Å². The van der Waals surface area contributed by atoms with E-state index in [9.17, 15) is 4.79 Å². The summed E-state index contributed by atoms with van der Waals surface area (Å²) >= 11 is 1.70. The van der Waals surface area contributed by atoms with Gasteiger partial charge in [-0.15, -0.1) is 0 Å². The maximum absolute atomic E-state index is 10.4. The number of aliphatic carboxylic acids is 1. The highest BCUT2D eigenvalue weighted by Gasteiger charge is 2.05. The minimum atomic E-state index is -0.719. The molecule has 0 fully saturated rings. The van der Waals surface area contributed by atoms with Gasteiger partial charge in [0.1, 0.15) is 0 Å². The molecule has 0 aliphatic heterocycles. The van der Waals surface area contributed by atoms with Crippen LogP contribution in [-0.4, -0.2) is 35.6 Å². The molecule has 0 amide bonds. The molecule has 0 bridgehead atoms. The summed E-state index contributed by atoms with van der Waals surface area (Å²) in [4.78, 5) is 12.6. The Kier molecular flexibility index (Phi) is 5.36. The lowest BCUT2D eigenvalue weighted by molar-refractivity contribution is -0.137. The van der Waals surface area contributed by atoms with Crippen LogP contribution in [0.15, 0.2) is 16.8 Å². The van der Waals surface area contributed by atoms with E-state index in [-0.39, 0.29) is 6.42 Å². The molecule has 0 aromatic carbocycles. The molecular formula is C11H17NO2S. The number of nitrogens with zero attached hydrogens (tertiary/aromatic N) is 1. The van der Waals surface area contributed by atoms with Crippen LogP contribution in [0.2, 0.25) is 0 Å². The number of carbonyl (C=O) groups is 1. The molecule has 0 atom stereocenters. The Balaban J connectivity index is 2.24. The minimum absolute atomic E-state index is 0.234. The predicted molar refractivity (Wildman–Crippen MR) is 62.4 cm³/mol. The number of rotatable bonds is 7. The zero-order chi connectivity index (χ0) is 11.1. The Morgan fingerprint density at radius 3 is 2.87 bits per heavy atom. The maximum atomic E-state index is 10.4. The molecule has 1 aromatic rings. The van der Waals surface area contributed by atoms with Gasteiger partial charge in [0.2, 0.25) is 0 Å². The van der Waals surface area contributed by atoms with Gasteiger partial charge in [0.05, 0.1) is 6.42 Å². The molecule has 4 heteroatoms. The first-order valence-electron chi connectivity index (χ1n) is 5.17. The van der Waals surface area contributed by atoms with Crippen molar-refractivity contribution >= 4 is 17.3 Å². The normalized spacial score (nSPS) is 10.8. The second-order valence-corrected chi connectivity index (χ2v) is 4.24. The van der Waals surface area contributed by atoms with Crippen LogP contribution in [0.1, 0.15) is 18.9 Å². The highest BCUT2D eigenvalue weighted by Crippen LogP contribution is 2.07. The second kappa shape index (κ2) is 6.58. The topological polar surface area (TPSA) is 40.5 Å². The van der Waals surface area contributed by atoms with Gasteiger partial charge in [0.15, 0.2) is 0 Å². The minimum Gasteiger partial charge on any atom is -0.481 e. The van der Waals surface area contributed by atoms with E-state index in [2.05, 4.69) is 28.7 Å². The highest BCUT2D eigenvalue weighted by atomic mass is 32.1. The van der Waals surface area contributed by atoms with Gasteiger partial charge in [-0.3, -0.25) is 4.79 Å². The van der Waals surface area contributed by atoms with Crippen LogP contribution in [0.4, 0.5) is 0 Å². The molecule has 0 spiro atoms. The van der Waals surface area contributed by atoms with Gasteiger partial charge < -0.3 is 10.0 Å². The van der Waals surface area contributed by atoms with E-state index >= 15 is 0 Å². The molecule has 0 unspecified atom stereocenters. The van der Waals surface area contributed by atoms with E-state index in [1.807, 2.05) is 0 Å². The molecule has 15 heavy (non-hydrogen) atoms. The van der Waals surface area contributed by atoms with E-state index in [1.165, 1.54) is 5.56 Å². The van der Waals surface area contributed by atoms with E-state index in [0.717, 1.165) is 19.5 Å². The third kappa shape index (κ3) is 4.95. The van der Waals surface area contributed by atoms with Gasteiger partial charge in [-0.2, -0.15) is 11.3 Å². The quantitative estimate of drug-likeness (QED) is 0.775. The monoisotopic (exact) mass is 227 g/mol. The first-order valence-corrected chi connectivity index (χ1v) is 6.12. The summed E-state index contributed by atoms with van der Waals surface area (Å²) in [6.45, 7) is 4.57. The average Bonchev–Trinajstić information content (AvgIpc) is 2.70. The van der Waals surface area contributed by atoms with Crippen molar-refractivity contribution in [3.8, 4) is 0 Å². The second-order valence-electron chi connectivity index (χ2n) is 3.46. The Labute approximate surface area is 94.3 Å². The van der Waals surface area contributed by atoms with Crippen LogP contribution in [0.3, 0.4) is 0 Å². The molecule has 1 rings (SSSR count). The molecule has 84 valence electrons. The van der Waals surface area contributed by atoms with Crippen molar-refractivity contribution in [2.75, 3.05) is 19.6 Å². The predicted octanol–water partition coefficient (Wildman–Crippen LogP) is 2.09. The van der Waals surface area contributed by atoms with Gasteiger partial charge in [-0.05, 0) is 35.4 Å². The van der Waals surface area contributed by atoms with Crippen molar-refractivity contribution in [2.24, 2.45) is 0 Å². The number of thiophene rings is 1. The summed E-state index contributed by atoms with van der Waals surface area (Å²) in [5.41, 5.74) is 1.34. The van der Waals surface area contributed by atoms with E-state index in [4.69, 9.17) is 5.11 Å². The molecule has 1 heterocycles. The molecule has 3 nitrogen and oxygen atoms in total. The van der Waals surface area contributed by atoms with Crippen molar-refractivity contribution in [3.63, 3.8) is 0 Å². The van der Waals surface area contributed by atoms with Crippen LogP contribution in [0, 0.1) is 0 Å². The van der Waals surface area contributed by atoms with E-state index in [0.29, 0.717) is 6.54 Å². The molecule has 0 saturated carbocycles. The standard InChI is InChI=1S/C11H17NO2S/c1-2-12(7-4-11(13)14)6-3-10-5-8-15-9-10/h5,8-9H,2-4,6-7H2,1H3,(H,13,14). The first kappa shape index (κ1) is 12.2. The third-order valence-corrected chi connectivity index (χ3v) is 3.12. The molecular weight excluding hydrogens is 210 g/mol. The number of carboxylic acids is 1. The van der Waals surface area contributed by atoms with Gasteiger partial charge >= 0.3 is 5.97 Å². The average molecular weight is 227 g/mol. The Bertz CT molecular complexity index is 285. The van der Waals surface area contributed by atoms with Gasteiger partial charge in [-0.25, -0.2) is 0 Å². The SMILES string of the molecule is CCN(CCC(=O)O)CCc1ccsc1. The number of likely N-dealkylation sites (N-methyl/N-ethyl adjacent to an activating group) is 1. The van der Waals surface area contributed by atoms with Crippen molar-refractivity contribution in [3.05, 3.63) is 22.4 Å². The summed E-state index contributed by atoms with van der Waals surface area (Å²) in [6, 6.07) is 2.12. The fourth-order valence-electron chi connectivity index (χ4n) is 1.40. The number of carboxylic acid groups (broad SMARTS) is 1. The van der Waals surface area contributed by atoms with Crippen molar-refractivity contribution in [2.45, 2.75) is 19.8 Å². The smallest absolute Gasteiger partial charge is 0.304 e.